The highest BCUT2D eigenvalue weighted by molar-refractivity contribution is 7.89. The molecule has 0 aromatic heterocycles. The second-order valence-corrected chi connectivity index (χ2v) is 9.02. The van der Waals surface area contributed by atoms with Crippen LogP contribution in [0.2, 0.25) is 0 Å². The Labute approximate surface area is 162 Å². The highest BCUT2D eigenvalue weighted by Gasteiger charge is 2.29. The summed E-state index contributed by atoms with van der Waals surface area (Å²) in [5.74, 6) is 0.872. The first kappa shape index (κ1) is 19.9. The van der Waals surface area contributed by atoms with Crippen LogP contribution in [0.25, 0.3) is 0 Å². The maximum Gasteiger partial charge on any atom is 0.243 e. The van der Waals surface area contributed by atoms with E-state index >= 15 is 0 Å². The molecule has 27 heavy (non-hydrogen) atoms. The molecule has 1 fully saturated rings. The van der Waals surface area contributed by atoms with Crippen LogP contribution in [-0.2, 0) is 16.4 Å². The van der Waals surface area contributed by atoms with Crippen LogP contribution < -0.4 is 4.74 Å². The zero-order valence-electron chi connectivity index (χ0n) is 16.3. The van der Waals surface area contributed by atoms with Crippen molar-refractivity contribution in [3.05, 3.63) is 59.2 Å². The van der Waals surface area contributed by atoms with E-state index < -0.39 is 10.0 Å². The Balaban J connectivity index is 1.58. The van der Waals surface area contributed by atoms with Gasteiger partial charge in [-0.25, -0.2) is 8.42 Å². The molecule has 0 amide bonds. The normalized spacial score (nSPS) is 16.4. The van der Waals surface area contributed by atoms with Crippen LogP contribution in [0.1, 0.15) is 16.7 Å². The van der Waals surface area contributed by atoms with E-state index in [1.807, 2.05) is 38.1 Å². The molecule has 2 aromatic carbocycles. The molecule has 0 unspecified atom stereocenters. The van der Waals surface area contributed by atoms with Gasteiger partial charge in [-0.15, -0.1) is 0 Å². The van der Waals surface area contributed by atoms with Gasteiger partial charge in [-0.05, 0) is 49.6 Å². The Kier molecular flexibility index (Phi) is 6.19. The number of nitrogens with zero attached hydrogens (tertiary/aromatic N) is 2. The molecule has 1 saturated heterocycles. The second kappa shape index (κ2) is 8.42. The molecule has 0 bridgehead atoms. The third-order valence-electron chi connectivity index (χ3n) is 5.13. The van der Waals surface area contributed by atoms with Gasteiger partial charge < -0.3 is 9.64 Å². The minimum absolute atomic E-state index is 0.429. The minimum atomic E-state index is -3.42. The van der Waals surface area contributed by atoms with Gasteiger partial charge in [0.2, 0.25) is 10.0 Å². The van der Waals surface area contributed by atoms with E-state index in [2.05, 4.69) is 17.0 Å². The molecule has 146 valence electrons. The lowest BCUT2D eigenvalue weighted by Gasteiger charge is -2.34. The quantitative estimate of drug-likeness (QED) is 0.764. The number of hydrogen-bond acceptors (Lipinski definition) is 4. The summed E-state index contributed by atoms with van der Waals surface area (Å²) in [5, 5.41) is 0. The number of ether oxygens (including phenoxy) is 1. The summed E-state index contributed by atoms with van der Waals surface area (Å²) in [6.45, 7) is 7.35. The second-order valence-electron chi connectivity index (χ2n) is 7.12. The van der Waals surface area contributed by atoms with Gasteiger partial charge in [0, 0.05) is 32.7 Å². The first-order valence-electron chi connectivity index (χ1n) is 9.33. The Morgan fingerprint density at radius 1 is 1.00 bits per heavy atom. The van der Waals surface area contributed by atoms with E-state index in [4.69, 9.17) is 4.74 Å². The van der Waals surface area contributed by atoms with E-state index in [9.17, 15) is 8.42 Å². The maximum atomic E-state index is 13.0. The Morgan fingerprint density at radius 2 is 1.74 bits per heavy atom. The van der Waals surface area contributed by atoms with Crippen molar-refractivity contribution in [1.82, 2.24) is 9.21 Å². The molecular formula is C21H28N2O3S. The Hall–Kier alpha value is -1.89. The van der Waals surface area contributed by atoms with Crippen molar-refractivity contribution >= 4 is 10.0 Å². The first-order chi connectivity index (χ1) is 12.9. The molecule has 2 aromatic rings. The predicted molar refractivity (Wildman–Crippen MR) is 108 cm³/mol. The van der Waals surface area contributed by atoms with Gasteiger partial charge in [0.15, 0.2) is 0 Å². The molecule has 0 atom stereocenters. The molecule has 0 saturated carbocycles. The van der Waals surface area contributed by atoms with Gasteiger partial charge in [-0.1, -0.05) is 29.8 Å². The van der Waals surface area contributed by atoms with E-state index in [1.165, 1.54) is 5.56 Å². The third-order valence-corrected chi connectivity index (χ3v) is 7.19. The van der Waals surface area contributed by atoms with Crippen LogP contribution in [0.3, 0.4) is 0 Å². The van der Waals surface area contributed by atoms with Crippen LogP contribution in [-0.4, -0.2) is 57.5 Å². The van der Waals surface area contributed by atoms with Crippen molar-refractivity contribution in [3.63, 3.8) is 0 Å². The summed E-state index contributed by atoms with van der Waals surface area (Å²) in [4.78, 5) is 2.76. The predicted octanol–water partition coefficient (Wildman–Crippen LogP) is 2.86. The lowest BCUT2D eigenvalue weighted by molar-refractivity contribution is 0.190. The van der Waals surface area contributed by atoms with E-state index in [1.54, 1.807) is 17.5 Å². The number of rotatable bonds is 6. The molecule has 1 heterocycles. The van der Waals surface area contributed by atoms with Crippen molar-refractivity contribution in [1.29, 1.82) is 0 Å². The average Bonchev–Trinajstić information content (AvgIpc) is 2.66. The van der Waals surface area contributed by atoms with Gasteiger partial charge in [0.05, 0.1) is 12.0 Å². The standard InChI is InChI=1S/C21H28N2O3S/c1-17-7-8-21(18(2)15-17)27(24,25)23-13-11-22(12-14-23)10-9-19-5-4-6-20(16-19)26-3/h4-8,15-16H,9-14H2,1-3H3. The molecule has 0 N–H and O–H groups in total. The number of benzene rings is 2. The van der Waals surface area contributed by atoms with Gasteiger partial charge in [0.25, 0.3) is 0 Å². The molecule has 1 aliphatic heterocycles. The summed E-state index contributed by atoms with van der Waals surface area (Å²) in [7, 11) is -1.74. The molecule has 0 spiro atoms. The number of aryl methyl sites for hydroxylation is 2. The molecule has 5 nitrogen and oxygen atoms in total. The van der Waals surface area contributed by atoms with Crippen molar-refractivity contribution < 1.29 is 13.2 Å². The summed E-state index contributed by atoms with van der Waals surface area (Å²) >= 11 is 0. The zero-order valence-corrected chi connectivity index (χ0v) is 17.1. The van der Waals surface area contributed by atoms with Crippen LogP contribution in [0.4, 0.5) is 0 Å². The average molecular weight is 389 g/mol. The summed E-state index contributed by atoms with van der Waals surface area (Å²) in [6, 6.07) is 13.6. The lowest BCUT2D eigenvalue weighted by Crippen LogP contribution is -2.49. The van der Waals surface area contributed by atoms with Crippen LogP contribution in [0.5, 0.6) is 5.75 Å². The van der Waals surface area contributed by atoms with Crippen LogP contribution >= 0.6 is 0 Å². The largest absolute Gasteiger partial charge is 0.497 e. The van der Waals surface area contributed by atoms with Crippen LogP contribution in [0, 0.1) is 13.8 Å². The van der Waals surface area contributed by atoms with Crippen molar-refractivity contribution in [2.45, 2.75) is 25.2 Å². The van der Waals surface area contributed by atoms with Gasteiger partial charge in [-0.2, -0.15) is 4.31 Å². The highest BCUT2D eigenvalue weighted by atomic mass is 32.2. The number of piperazine rings is 1. The van der Waals surface area contributed by atoms with Gasteiger partial charge in [-0.3, -0.25) is 0 Å². The number of methoxy groups -OCH3 is 1. The fourth-order valence-corrected chi connectivity index (χ4v) is 5.16. The summed E-state index contributed by atoms with van der Waals surface area (Å²) < 4.78 is 32.8. The van der Waals surface area contributed by atoms with Gasteiger partial charge in [0.1, 0.15) is 5.75 Å². The lowest BCUT2D eigenvalue weighted by atomic mass is 10.1. The SMILES string of the molecule is COc1cccc(CCN2CCN(S(=O)(=O)c3ccc(C)cc3C)CC2)c1. The molecule has 0 radical (unpaired) electrons. The van der Waals surface area contributed by atoms with Crippen molar-refractivity contribution in [2.75, 3.05) is 39.8 Å². The first-order valence-corrected chi connectivity index (χ1v) is 10.8. The monoisotopic (exact) mass is 388 g/mol. The maximum absolute atomic E-state index is 13.0. The topological polar surface area (TPSA) is 49.9 Å². The molecule has 6 heteroatoms. The van der Waals surface area contributed by atoms with E-state index in [0.717, 1.165) is 42.9 Å². The zero-order chi connectivity index (χ0) is 19.4. The van der Waals surface area contributed by atoms with E-state index in [0.29, 0.717) is 18.0 Å². The summed E-state index contributed by atoms with van der Waals surface area (Å²) in [6.07, 6.45) is 0.932. The van der Waals surface area contributed by atoms with E-state index in [-0.39, 0.29) is 0 Å². The van der Waals surface area contributed by atoms with Gasteiger partial charge >= 0.3 is 0 Å². The highest BCUT2D eigenvalue weighted by Crippen LogP contribution is 2.22. The minimum Gasteiger partial charge on any atom is -0.497 e. The Bertz CT molecular complexity index is 888. The Morgan fingerprint density at radius 3 is 2.41 bits per heavy atom. The fourth-order valence-electron chi connectivity index (χ4n) is 3.54. The summed E-state index contributed by atoms with van der Waals surface area (Å²) in [5.41, 5.74) is 3.13. The smallest absolute Gasteiger partial charge is 0.243 e. The van der Waals surface area contributed by atoms with Crippen molar-refractivity contribution in [2.24, 2.45) is 0 Å². The van der Waals surface area contributed by atoms with Crippen LogP contribution in [0.15, 0.2) is 47.4 Å². The molecule has 1 aliphatic rings. The number of hydrogen-bond donors (Lipinski definition) is 0. The molecule has 3 rings (SSSR count). The third kappa shape index (κ3) is 4.69. The number of sulfonamides is 1. The molecule has 0 aliphatic carbocycles. The fraction of sp³-hybridized carbons (Fsp3) is 0.429. The molecular weight excluding hydrogens is 360 g/mol. The van der Waals surface area contributed by atoms with Crippen molar-refractivity contribution in [3.8, 4) is 5.75 Å².